The highest BCUT2D eigenvalue weighted by atomic mass is 32.2. The molecule has 3 aromatic carbocycles. The topological polar surface area (TPSA) is 103 Å². The number of ether oxygens (including phenoxy) is 4. The molecule has 1 atom stereocenters. The minimum Gasteiger partial charge on any atom is -0.497 e. The number of sulfonamides is 1. The number of rotatable bonds is 9. The number of nitrogens with one attached hydrogen (secondary N) is 1. The number of hydrogen-bond donors (Lipinski definition) is 1. The van der Waals surface area contributed by atoms with Crippen molar-refractivity contribution in [1.29, 1.82) is 0 Å². The van der Waals surface area contributed by atoms with E-state index in [2.05, 4.69) is 5.32 Å². The van der Waals surface area contributed by atoms with Crippen LogP contribution in [-0.4, -0.2) is 54.3 Å². The molecule has 0 unspecified atom stereocenters. The quantitative estimate of drug-likeness (QED) is 0.439. The van der Waals surface area contributed by atoms with Crippen molar-refractivity contribution in [3.8, 4) is 23.0 Å². The summed E-state index contributed by atoms with van der Waals surface area (Å²) in [4.78, 5) is 13.0. The fourth-order valence-electron chi connectivity index (χ4n) is 3.75. The molecule has 0 aliphatic carbocycles. The number of aryl methyl sites for hydroxylation is 1. The second-order valence-corrected chi connectivity index (χ2v) is 9.97. The van der Waals surface area contributed by atoms with E-state index in [0.29, 0.717) is 28.7 Å². The first-order valence-electron chi connectivity index (χ1n) is 11.3. The largest absolute Gasteiger partial charge is 0.497 e. The van der Waals surface area contributed by atoms with E-state index >= 15 is 0 Å². The number of carbonyl (C=O) groups is 1. The van der Waals surface area contributed by atoms with Gasteiger partial charge < -0.3 is 24.3 Å². The van der Waals surface area contributed by atoms with Crippen molar-refractivity contribution in [2.45, 2.75) is 17.9 Å². The lowest BCUT2D eigenvalue weighted by atomic mass is 10.1. The molecule has 9 nitrogen and oxygen atoms in total. The zero-order chi connectivity index (χ0) is 25.7. The molecule has 4 rings (SSSR count). The van der Waals surface area contributed by atoms with Crippen LogP contribution in [-0.2, 0) is 14.8 Å². The molecule has 1 N–H and O–H groups in total. The van der Waals surface area contributed by atoms with E-state index < -0.39 is 22.0 Å². The van der Waals surface area contributed by atoms with Gasteiger partial charge in [0.1, 0.15) is 29.6 Å². The zero-order valence-corrected chi connectivity index (χ0v) is 21.1. The van der Waals surface area contributed by atoms with Crippen LogP contribution >= 0.6 is 0 Å². The summed E-state index contributed by atoms with van der Waals surface area (Å²) in [6.07, 6.45) is -1.04. The molecule has 0 saturated carbocycles. The molecule has 0 radical (unpaired) electrons. The number of anilines is 1. The Bertz CT molecular complexity index is 1330. The molecule has 0 bridgehead atoms. The van der Waals surface area contributed by atoms with E-state index in [0.717, 1.165) is 5.56 Å². The van der Waals surface area contributed by atoms with Gasteiger partial charge in [-0.1, -0.05) is 12.1 Å². The van der Waals surface area contributed by atoms with Gasteiger partial charge in [-0.2, -0.15) is 0 Å². The van der Waals surface area contributed by atoms with E-state index in [1.165, 1.54) is 23.5 Å². The monoisotopic (exact) mass is 512 g/mol. The molecule has 0 aromatic heterocycles. The minimum absolute atomic E-state index is 0.0857. The van der Waals surface area contributed by atoms with Crippen LogP contribution in [0.1, 0.15) is 5.56 Å². The van der Waals surface area contributed by atoms with Gasteiger partial charge in [0.15, 0.2) is 6.10 Å². The van der Waals surface area contributed by atoms with Crippen molar-refractivity contribution < 1.29 is 32.2 Å². The molecule has 190 valence electrons. The molecule has 0 fully saturated rings. The smallest absolute Gasteiger partial charge is 0.264 e. The van der Waals surface area contributed by atoms with Crippen LogP contribution < -0.4 is 28.6 Å². The Kier molecular flexibility index (Phi) is 7.54. The first kappa shape index (κ1) is 25.2. The summed E-state index contributed by atoms with van der Waals surface area (Å²) >= 11 is 0. The summed E-state index contributed by atoms with van der Waals surface area (Å²) in [6.45, 7) is 2.12. The lowest BCUT2D eigenvalue weighted by Gasteiger charge is -2.35. The fourth-order valence-corrected chi connectivity index (χ4v) is 5.22. The van der Waals surface area contributed by atoms with Gasteiger partial charge in [0, 0.05) is 6.07 Å². The predicted molar refractivity (Wildman–Crippen MR) is 135 cm³/mol. The number of nitrogens with zero attached hydrogens (tertiary/aromatic N) is 1. The van der Waals surface area contributed by atoms with Crippen molar-refractivity contribution >= 4 is 21.6 Å². The highest BCUT2D eigenvalue weighted by molar-refractivity contribution is 7.92. The van der Waals surface area contributed by atoms with E-state index in [-0.39, 0.29) is 24.6 Å². The second kappa shape index (κ2) is 10.8. The van der Waals surface area contributed by atoms with Crippen LogP contribution in [0, 0.1) is 6.92 Å². The molecule has 36 heavy (non-hydrogen) atoms. The number of benzene rings is 3. The van der Waals surface area contributed by atoms with E-state index in [4.69, 9.17) is 18.9 Å². The average molecular weight is 513 g/mol. The highest BCUT2D eigenvalue weighted by Crippen LogP contribution is 2.38. The first-order chi connectivity index (χ1) is 17.3. The van der Waals surface area contributed by atoms with Gasteiger partial charge in [-0.25, -0.2) is 8.42 Å². The van der Waals surface area contributed by atoms with Crippen molar-refractivity contribution in [3.05, 3.63) is 72.3 Å². The van der Waals surface area contributed by atoms with Crippen LogP contribution in [0.3, 0.4) is 0 Å². The number of methoxy groups -OCH3 is 2. The summed E-state index contributed by atoms with van der Waals surface area (Å²) in [5.74, 6) is 1.70. The average Bonchev–Trinajstić information content (AvgIpc) is 2.90. The van der Waals surface area contributed by atoms with E-state index in [1.54, 1.807) is 61.7 Å². The van der Waals surface area contributed by atoms with Crippen molar-refractivity contribution in [3.63, 3.8) is 0 Å². The molecule has 1 amide bonds. The molecule has 10 heteroatoms. The van der Waals surface area contributed by atoms with Gasteiger partial charge >= 0.3 is 0 Å². The van der Waals surface area contributed by atoms with Crippen molar-refractivity contribution in [2.75, 3.05) is 38.2 Å². The third-order valence-corrected chi connectivity index (χ3v) is 7.43. The molecule has 1 aliphatic heterocycles. The Hall–Kier alpha value is -3.92. The summed E-state index contributed by atoms with van der Waals surface area (Å²) < 4.78 is 50.2. The molecule has 3 aromatic rings. The third kappa shape index (κ3) is 5.49. The summed E-state index contributed by atoms with van der Waals surface area (Å²) in [7, 11) is -0.887. The molecule has 0 saturated heterocycles. The van der Waals surface area contributed by atoms with Gasteiger partial charge in [-0.3, -0.25) is 9.10 Å². The Labute approximate surface area is 210 Å². The summed E-state index contributed by atoms with van der Waals surface area (Å²) in [5.41, 5.74) is 1.25. The number of amides is 1. The van der Waals surface area contributed by atoms with Crippen LogP contribution in [0.15, 0.2) is 71.6 Å². The van der Waals surface area contributed by atoms with Crippen LogP contribution in [0.25, 0.3) is 0 Å². The Morgan fingerprint density at radius 1 is 1.00 bits per heavy atom. The molecular formula is C26H28N2O7S. The van der Waals surface area contributed by atoms with E-state index in [1.807, 2.05) is 6.92 Å². The normalized spacial score (nSPS) is 14.9. The fraction of sp³-hybridized carbons (Fsp3) is 0.269. The van der Waals surface area contributed by atoms with Gasteiger partial charge in [0.05, 0.1) is 37.9 Å². The lowest BCUT2D eigenvalue weighted by Crippen LogP contribution is -2.51. The summed E-state index contributed by atoms with van der Waals surface area (Å²) in [6, 6.07) is 18.5. The third-order valence-electron chi connectivity index (χ3n) is 5.64. The van der Waals surface area contributed by atoms with Crippen molar-refractivity contribution in [2.24, 2.45) is 0 Å². The number of hydrogen-bond acceptors (Lipinski definition) is 7. The zero-order valence-electron chi connectivity index (χ0n) is 20.3. The molecule has 1 aliphatic rings. The Balaban J connectivity index is 1.48. The second-order valence-electron chi connectivity index (χ2n) is 8.11. The van der Waals surface area contributed by atoms with Crippen LogP contribution in [0.4, 0.5) is 5.69 Å². The van der Waals surface area contributed by atoms with Crippen LogP contribution in [0.2, 0.25) is 0 Å². The maximum absolute atomic E-state index is 13.5. The number of carbonyl (C=O) groups excluding carboxylic acids is 1. The first-order valence-corrected chi connectivity index (χ1v) is 12.7. The lowest BCUT2D eigenvalue weighted by molar-refractivity contribution is -0.127. The highest BCUT2D eigenvalue weighted by Gasteiger charge is 2.37. The maximum atomic E-state index is 13.5. The minimum atomic E-state index is -3.97. The SMILES string of the molecule is COc1ccc(S(=O)(=O)N2C[C@@H](C(=O)NCCOc3cccc(OC)c3)Oc3cc(C)ccc32)cc1. The Morgan fingerprint density at radius 3 is 2.44 bits per heavy atom. The maximum Gasteiger partial charge on any atom is 0.264 e. The predicted octanol–water partition coefficient (Wildman–Crippen LogP) is 3.16. The Morgan fingerprint density at radius 2 is 1.72 bits per heavy atom. The van der Waals surface area contributed by atoms with E-state index in [9.17, 15) is 13.2 Å². The molecule has 1 heterocycles. The van der Waals surface area contributed by atoms with Gasteiger partial charge in [-0.05, 0) is 61.0 Å². The summed E-state index contributed by atoms with van der Waals surface area (Å²) in [5, 5.41) is 2.77. The number of fused-ring (bicyclic) bond motifs is 1. The van der Waals surface area contributed by atoms with Crippen molar-refractivity contribution in [1.82, 2.24) is 5.32 Å². The molecular weight excluding hydrogens is 484 g/mol. The molecule has 0 spiro atoms. The standard InChI is InChI=1S/C26H28N2O7S/c1-18-7-12-23-24(15-18)35-25(17-28(23)36(30,31)22-10-8-19(32-2)9-11-22)26(29)27-13-14-34-21-6-4-5-20(16-21)33-3/h4-12,15-16,25H,13-14,17H2,1-3H3,(H,27,29)/t25-/m0/s1. The van der Waals surface area contributed by atoms with Gasteiger partial charge in [-0.15, -0.1) is 0 Å². The van der Waals surface area contributed by atoms with Gasteiger partial charge in [0.25, 0.3) is 15.9 Å². The van der Waals surface area contributed by atoms with Gasteiger partial charge in [0.2, 0.25) is 0 Å². The van der Waals surface area contributed by atoms with Crippen LogP contribution in [0.5, 0.6) is 23.0 Å².